The van der Waals surface area contributed by atoms with Crippen molar-refractivity contribution in [3.63, 3.8) is 0 Å². The van der Waals surface area contributed by atoms with E-state index < -0.39 is 0 Å². The first-order chi connectivity index (χ1) is 11.1. The monoisotopic (exact) mass is 331 g/mol. The van der Waals surface area contributed by atoms with Crippen LogP contribution in [0.15, 0.2) is 24.3 Å². The van der Waals surface area contributed by atoms with Gasteiger partial charge >= 0.3 is 0 Å². The fourth-order valence-electron chi connectivity index (χ4n) is 2.62. The molecule has 0 aliphatic heterocycles. The number of ether oxygens (including phenoxy) is 1. The molecule has 1 aromatic heterocycles. The van der Waals surface area contributed by atoms with Crippen molar-refractivity contribution in [2.24, 2.45) is 0 Å². The number of hydrogen-bond acceptors (Lipinski definition) is 5. The highest BCUT2D eigenvalue weighted by Gasteiger charge is 2.32. The molecule has 3 rings (SSSR count). The Morgan fingerprint density at radius 3 is 2.70 bits per heavy atom. The van der Waals surface area contributed by atoms with Crippen LogP contribution in [0, 0.1) is 0 Å². The van der Waals surface area contributed by atoms with Gasteiger partial charge < -0.3 is 10.1 Å². The Labute approximate surface area is 137 Å². The molecule has 1 atom stereocenters. The number of methoxy groups -OCH3 is 1. The summed E-state index contributed by atoms with van der Waals surface area (Å²) in [7, 11) is 3.20. The van der Waals surface area contributed by atoms with Crippen LogP contribution in [-0.2, 0) is 11.2 Å². The molecule has 0 spiro atoms. The molecule has 0 bridgehead atoms. The molecule has 1 unspecified atom stereocenters. The summed E-state index contributed by atoms with van der Waals surface area (Å²) >= 11 is 1.44. The predicted octanol–water partition coefficient (Wildman–Crippen LogP) is 2.18. The van der Waals surface area contributed by atoms with Gasteiger partial charge in [0.15, 0.2) is 5.13 Å². The normalized spacial score (nSPS) is 15.8. The zero-order chi connectivity index (χ0) is 16.4. The largest absolute Gasteiger partial charge is 0.497 e. The van der Waals surface area contributed by atoms with Gasteiger partial charge in [-0.15, -0.1) is 11.3 Å². The maximum atomic E-state index is 12.2. The minimum atomic E-state index is -0.225. The molecule has 0 radical (unpaired) electrons. The lowest BCUT2D eigenvalue weighted by Gasteiger charge is -2.07. The van der Waals surface area contributed by atoms with Gasteiger partial charge in [0.25, 0.3) is 5.91 Å². The van der Waals surface area contributed by atoms with E-state index >= 15 is 0 Å². The second-order valence-corrected chi connectivity index (χ2v) is 6.30. The van der Waals surface area contributed by atoms with E-state index in [9.17, 15) is 9.59 Å². The van der Waals surface area contributed by atoms with Gasteiger partial charge in [-0.05, 0) is 37.1 Å². The molecule has 23 heavy (non-hydrogen) atoms. The van der Waals surface area contributed by atoms with Gasteiger partial charge in [0.1, 0.15) is 5.75 Å². The van der Waals surface area contributed by atoms with Crippen LogP contribution >= 0.6 is 11.3 Å². The number of rotatable bonds is 4. The number of carbonyl (C=O) groups is 2. The molecule has 0 fully saturated rings. The third kappa shape index (κ3) is 3.05. The number of amides is 2. The van der Waals surface area contributed by atoms with E-state index in [-0.39, 0.29) is 17.7 Å². The number of thiazole rings is 1. The number of nitrogens with zero attached hydrogens (tertiary/aromatic N) is 1. The lowest BCUT2D eigenvalue weighted by Crippen LogP contribution is -2.24. The zero-order valence-corrected chi connectivity index (χ0v) is 13.7. The second-order valence-electron chi connectivity index (χ2n) is 5.22. The average Bonchev–Trinajstić information content (AvgIpc) is 3.14. The van der Waals surface area contributed by atoms with Crippen LogP contribution in [-0.4, -0.2) is 31.0 Å². The van der Waals surface area contributed by atoms with E-state index in [1.54, 1.807) is 38.4 Å². The molecule has 120 valence electrons. The molecule has 0 saturated heterocycles. The zero-order valence-electron chi connectivity index (χ0n) is 12.9. The van der Waals surface area contributed by atoms with Crippen LogP contribution in [0.2, 0.25) is 0 Å². The molecule has 0 saturated carbocycles. The fourth-order valence-corrected chi connectivity index (χ4v) is 3.66. The smallest absolute Gasteiger partial charge is 0.257 e. The molecule has 6 nitrogen and oxygen atoms in total. The van der Waals surface area contributed by atoms with Gasteiger partial charge in [0.05, 0.1) is 18.7 Å². The van der Waals surface area contributed by atoms with Gasteiger partial charge in [-0.2, -0.15) is 0 Å². The van der Waals surface area contributed by atoms with Crippen LogP contribution in [0.5, 0.6) is 5.75 Å². The summed E-state index contributed by atoms with van der Waals surface area (Å²) in [5, 5.41) is 5.99. The molecule has 1 aliphatic rings. The van der Waals surface area contributed by atoms with Gasteiger partial charge in [0.2, 0.25) is 5.91 Å². The van der Waals surface area contributed by atoms with E-state index in [1.165, 1.54) is 11.3 Å². The van der Waals surface area contributed by atoms with Gasteiger partial charge in [-0.25, -0.2) is 4.98 Å². The highest BCUT2D eigenvalue weighted by molar-refractivity contribution is 7.16. The minimum absolute atomic E-state index is 0.0259. The van der Waals surface area contributed by atoms with Gasteiger partial charge in [-0.3, -0.25) is 14.9 Å². The highest BCUT2D eigenvalue weighted by atomic mass is 32.1. The molecular formula is C16H17N3O3S. The molecule has 2 amide bonds. The van der Waals surface area contributed by atoms with Crippen molar-refractivity contribution < 1.29 is 14.3 Å². The number of anilines is 1. The Balaban J connectivity index is 1.74. The third-order valence-electron chi connectivity index (χ3n) is 3.85. The Bertz CT molecular complexity index is 740. The number of likely N-dealkylation sites (N-methyl/N-ethyl adjacent to an activating group) is 1. The van der Waals surface area contributed by atoms with E-state index in [0.717, 1.165) is 23.4 Å². The minimum Gasteiger partial charge on any atom is -0.497 e. The maximum absolute atomic E-state index is 12.2. The average molecular weight is 331 g/mol. The highest BCUT2D eigenvalue weighted by Crippen LogP contribution is 2.38. The van der Waals surface area contributed by atoms with Crippen molar-refractivity contribution in [1.82, 2.24) is 10.3 Å². The van der Waals surface area contributed by atoms with Crippen LogP contribution in [0.25, 0.3) is 0 Å². The molecular weight excluding hydrogens is 314 g/mol. The maximum Gasteiger partial charge on any atom is 0.257 e. The molecule has 2 aromatic rings. The van der Waals surface area contributed by atoms with Crippen molar-refractivity contribution >= 4 is 28.3 Å². The van der Waals surface area contributed by atoms with Crippen LogP contribution < -0.4 is 15.4 Å². The molecule has 2 N–H and O–H groups in total. The van der Waals surface area contributed by atoms with Crippen molar-refractivity contribution in [2.75, 3.05) is 19.5 Å². The standard InChI is InChI=1S/C16H17N3O3S/c1-17-15(21)11-7-8-12-13(11)18-16(23-12)19-14(20)9-3-5-10(22-2)6-4-9/h3-6,11H,7-8H2,1-2H3,(H,17,21)(H,18,19,20). The number of hydrogen-bond donors (Lipinski definition) is 2. The van der Waals surface area contributed by atoms with Crippen LogP contribution in [0.1, 0.15) is 33.3 Å². The van der Waals surface area contributed by atoms with Crippen LogP contribution in [0.4, 0.5) is 5.13 Å². The number of carbonyl (C=O) groups excluding carboxylic acids is 2. The number of nitrogens with one attached hydrogen (secondary N) is 2. The molecule has 1 aliphatic carbocycles. The molecule has 1 heterocycles. The number of aryl methyl sites for hydroxylation is 1. The summed E-state index contributed by atoms with van der Waals surface area (Å²) in [6, 6.07) is 6.86. The Morgan fingerprint density at radius 2 is 2.04 bits per heavy atom. The number of fused-ring (bicyclic) bond motifs is 1. The van der Waals surface area contributed by atoms with Gasteiger partial charge in [-0.1, -0.05) is 0 Å². The van der Waals surface area contributed by atoms with E-state index in [2.05, 4.69) is 15.6 Å². The molecule has 1 aromatic carbocycles. The van der Waals surface area contributed by atoms with Crippen molar-refractivity contribution in [3.05, 3.63) is 40.4 Å². The van der Waals surface area contributed by atoms with Crippen LogP contribution in [0.3, 0.4) is 0 Å². The van der Waals surface area contributed by atoms with E-state index in [0.29, 0.717) is 16.4 Å². The lowest BCUT2D eigenvalue weighted by atomic mass is 10.1. The first-order valence-electron chi connectivity index (χ1n) is 7.29. The third-order valence-corrected chi connectivity index (χ3v) is 4.90. The van der Waals surface area contributed by atoms with E-state index in [1.807, 2.05) is 0 Å². The summed E-state index contributed by atoms with van der Waals surface area (Å²) in [5.41, 5.74) is 1.32. The number of benzene rings is 1. The first kappa shape index (κ1) is 15.5. The lowest BCUT2D eigenvalue weighted by molar-refractivity contribution is -0.122. The quantitative estimate of drug-likeness (QED) is 0.900. The summed E-state index contributed by atoms with van der Waals surface area (Å²) in [6.07, 6.45) is 1.60. The first-order valence-corrected chi connectivity index (χ1v) is 8.10. The number of aromatic nitrogens is 1. The van der Waals surface area contributed by atoms with E-state index in [4.69, 9.17) is 4.74 Å². The summed E-state index contributed by atoms with van der Waals surface area (Å²) in [6.45, 7) is 0. The van der Waals surface area contributed by atoms with Gasteiger partial charge in [0, 0.05) is 17.5 Å². The Morgan fingerprint density at radius 1 is 1.30 bits per heavy atom. The summed E-state index contributed by atoms with van der Waals surface area (Å²) < 4.78 is 5.07. The molecule has 7 heteroatoms. The SMILES string of the molecule is CNC(=O)C1CCc2sc(NC(=O)c3ccc(OC)cc3)nc21. The summed E-state index contributed by atoms with van der Waals surface area (Å²) in [5.74, 6) is 0.236. The predicted molar refractivity (Wildman–Crippen MR) is 88.2 cm³/mol. The second kappa shape index (κ2) is 6.37. The Kier molecular flexibility index (Phi) is 4.29. The fraction of sp³-hybridized carbons (Fsp3) is 0.312. The summed E-state index contributed by atoms with van der Waals surface area (Å²) in [4.78, 5) is 29.6. The Hall–Kier alpha value is -2.41. The topological polar surface area (TPSA) is 80.3 Å². The van der Waals surface area contributed by atoms with Crippen molar-refractivity contribution in [2.45, 2.75) is 18.8 Å². The van der Waals surface area contributed by atoms with Crippen molar-refractivity contribution in [3.8, 4) is 5.75 Å². The van der Waals surface area contributed by atoms with Crippen molar-refractivity contribution in [1.29, 1.82) is 0 Å².